The van der Waals surface area contributed by atoms with E-state index < -0.39 is 5.60 Å². The highest BCUT2D eigenvalue weighted by Gasteiger charge is 2.36. The van der Waals surface area contributed by atoms with E-state index in [0.29, 0.717) is 18.8 Å². The standard InChI is InChI=1S/C17H28N4O5/c1-16(2,3)13-7-12(19-20-13)15(23)21-5-6-26-11-17(24,10-21)9-18-14(22)8-25-4/h7,24H,5-6,8-11H2,1-4H3,(H,18,22)(H,19,20). The number of hydrogen-bond acceptors (Lipinski definition) is 6. The summed E-state index contributed by atoms with van der Waals surface area (Å²) in [7, 11) is 1.42. The molecule has 0 radical (unpaired) electrons. The summed E-state index contributed by atoms with van der Waals surface area (Å²) in [4.78, 5) is 25.9. The Hall–Kier alpha value is -1.97. The van der Waals surface area contributed by atoms with Crippen LogP contribution in [0.15, 0.2) is 6.07 Å². The minimum absolute atomic E-state index is 0.0256. The monoisotopic (exact) mass is 368 g/mol. The third-order valence-electron chi connectivity index (χ3n) is 4.14. The minimum atomic E-state index is -1.38. The van der Waals surface area contributed by atoms with Crippen molar-refractivity contribution in [3.8, 4) is 0 Å². The van der Waals surface area contributed by atoms with Gasteiger partial charge in [0, 0.05) is 24.8 Å². The average Bonchev–Trinajstić information content (AvgIpc) is 2.98. The van der Waals surface area contributed by atoms with Crippen molar-refractivity contribution in [3.63, 3.8) is 0 Å². The van der Waals surface area contributed by atoms with Crippen LogP contribution in [0.5, 0.6) is 0 Å². The molecular formula is C17H28N4O5. The molecule has 146 valence electrons. The lowest BCUT2D eigenvalue weighted by Crippen LogP contribution is -2.53. The fourth-order valence-electron chi connectivity index (χ4n) is 2.62. The van der Waals surface area contributed by atoms with Crippen LogP contribution in [0.4, 0.5) is 0 Å². The molecule has 2 heterocycles. The highest BCUT2D eigenvalue weighted by molar-refractivity contribution is 5.92. The first-order valence-electron chi connectivity index (χ1n) is 8.55. The van der Waals surface area contributed by atoms with Gasteiger partial charge in [-0.1, -0.05) is 20.8 Å². The summed E-state index contributed by atoms with van der Waals surface area (Å²) < 4.78 is 10.2. The summed E-state index contributed by atoms with van der Waals surface area (Å²) in [5.74, 6) is -0.630. The van der Waals surface area contributed by atoms with Crippen LogP contribution >= 0.6 is 0 Å². The molecule has 0 aliphatic carbocycles. The molecule has 0 saturated carbocycles. The molecule has 9 heteroatoms. The van der Waals surface area contributed by atoms with Crippen LogP contribution in [0, 0.1) is 0 Å². The lowest BCUT2D eigenvalue weighted by molar-refractivity contribution is -0.126. The maximum Gasteiger partial charge on any atom is 0.274 e. The Morgan fingerprint density at radius 2 is 2.23 bits per heavy atom. The topological polar surface area (TPSA) is 117 Å². The number of β-amino-alcohol motifs (C(OH)–C–C–N with tert-alkyl or cyclic N) is 1. The SMILES string of the molecule is COCC(=O)NCC1(O)COCCN(C(=O)c2cc(C(C)(C)C)[nH]n2)C1. The fourth-order valence-corrected chi connectivity index (χ4v) is 2.62. The molecule has 9 nitrogen and oxygen atoms in total. The first kappa shape index (κ1) is 20.3. The Kier molecular flexibility index (Phi) is 6.38. The molecule has 0 bridgehead atoms. The smallest absolute Gasteiger partial charge is 0.274 e. The van der Waals surface area contributed by atoms with E-state index in [4.69, 9.17) is 9.47 Å². The molecule has 2 rings (SSSR count). The second-order valence-electron chi connectivity index (χ2n) is 7.63. The van der Waals surface area contributed by atoms with Crippen molar-refractivity contribution in [1.29, 1.82) is 0 Å². The maximum absolute atomic E-state index is 12.8. The third-order valence-corrected chi connectivity index (χ3v) is 4.14. The molecule has 1 aliphatic rings. The van der Waals surface area contributed by atoms with E-state index in [0.717, 1.165) is 5.69 Å². The zero-order valence-corrected chi connectivity index (χ0v) is 15.8. The van der Waals surface area contributed by atoms with Gasteiger partial charge in [-0.3, -0.25) is 14.7 Å². The van der Waals surface area contributed by atoms with Crippen LogP contribution in [0.2, 0.25) is 0 Å². The van der Waals surface area contributed by atoms with E-state index in [1.54, 1.807) is 6.07 Å². The predicted molar refractivity (Wildman–Crippen MR) is 93.8 cm³/mol. The van der Waals surface area contributed by atoms with Gasteiger partial charge in [0.25, 0.3) is 5.91 Å². The van der Waals surface area contributed by atoms with Crippen LogP contribution in [0.25, 0.3) is 0 Å². The number of H-pyrrole nitrogens is 1. The molecule has 1 aromatic heterocycles. The molecule has 1 aliphatic heterocycles. The molecule has 2 amide bonds. The summed E-state index contributed by atoms with van der Waals surface area (Å²) in [6.45, 7) is 6.65. The summed E-state index contributed by atoms with van der Waals surface area (Å²) >= 11 is 0. The number of aromatic amines is 1. The number of nitrogens with zero attached hydrogens (tertiary/aromatic N) is 2. The van der Waals surface area contributed by atoms with Gasteiger partial charge in [0.2, 0.25) is 5.91 Å². The van der Waals surface area contributed by atoms with Crippen molar-refractivity contribution < 1.29 is 24.2 Å². The average molecular weight is 368 g/mol. The quantitative estimate of drug-likeness (QED) is 0.655. The maximum atomic E-state index is 12.8. The van der Waals surface area contributed by atoms with E-state index in [1.165, 1.54) is 12.0 Å². The fraction of sp³-hybridized carbons (Fsp3) is 0.706. The number of rotatable bonds is 5. The molecule has 26 heavy (non-hydrogen) atoms. The number of aliphatic hydroxyl groups is 1. The highest BCUT2D eigenvalue weighted by atomic mass is 16.5. The Labute approximate surface area is 153 Å². The van der Waals surface area contributed by atoms with E-state index in [2.05, 4.69) is 15.5 Å². The van der Waals surface area contributed by atoms with Crippen molar-refractivity contribution in [2.75, 3.05) is 46.6 Å². The number of carbonyl (C=O) groups is 2. The minimum Gasteiger partial charge on any atom is -0.384 e. The van der Waals surface area contributed by atoms with E-state index in [9.17, 15) is 14.7 Å². The number of ether oxygens (including phenoxy) is 2. The van der Waals surface area contributed by atoms with Gasteiger partial charge in [-0.05, 0) is 6.07 Å². The molecule has 3 N–H and O–H groups in total. The Bertz CT molecular complexity index is 639. The lowest BCUT2D eigenvalue weighted by atomic mass is 9.92. The van der Waals surface area contributed by atoms with E-state index >= 15 is 0 Å². The summed E-state index contributed by atoms with van der Waals surface area (Å²) in [5.41, 5.74) is -0.380. The Morgan fingerprint density at radius 1 is 1.50 bits per heavy atom. The van der Waals surface area contributed by atoms with Crippen LogP contribution in [0.1, 0.15) is 37.0 Å². The van der Waals surface area contributed by atoms with Crippen molar-refractivity contribution in [3.05, 3.63) is 17.5 Å². The number of amides is 2. The van der Waals surface area contributed by atoms with Crippen LogP contribution < -0.4 is 5.32 Å². The highest BCUT2D eigenvalue weighted by Crippen LogP contribution is 2.21. The molecule has 1 unspecified atom stereocenters. The van der Waals surface area contributed by atoms with Gasteiger partial charge >= 0.3 is 0 Å². The van der Waals surface area contributed by atoms with E-state index in [1.807, 2.05) is 20.8 Å². The Balaban J connectivity index is 2.07. The number of methoxy groups -OCH3 is 1. The van der Waals surface area contributed by atoms with Crippen LogP contribution in [-0.2, 0) is 19.7 Å². The van der Waals surface area contributed by atoms with Gasteiger partial charge in [-0.25, -0.2) is 0 Å². The molecule has 1 atom stereocenters. The van der Waals surface area contributed by atoms with E-state index in [-0.39, 0.29) is 43.5 Å². The molecule has 1 aromatic rings. The molecule has 0 aromatic carbocycles. The zero-order chi connectivity index (χ0) is 19.4. The number of nitrogens with one attached hydrogen (secondary N) is 2. The van der Waals surface area contributed by atoms with Gasteiger partial charge in [-0.15, -0.1) is 0 Å². The van der Waals surface area contributed by atoms with Crippen molar-refractivity contribution >= 4 is 11.8 Å². The van der Waals surface area contributed by atoms with Gasteiger partial charge in [0.05, 0.1) is 26.3 Å². The summed E-state index contributed by atoms with van der Waals surface area (Å²) in [6, 6.07) is 1.73. The summed E-state index contributed by atoms with van der Waals surface area (Å²) in [6.07, 6.45) is 0. The van der Waals surface area contributed by atoms with Crippen molar-refractivity contribution in [2.45, 2.75) is 31.8 Å². The third kappa shape index (κ3) is 5.26. The number of hydrogen-bond donors (Lipinski definition) is 3. The molecule has 1 saturated heterocycles. The van der Waals surface area contributed by atoms with Gasteiger partial charge in [0.15, 0.2) is 0 Å². The lowest BCUT2D eigenvalue weighted by Gasteiger charge is -2.30. The van der Waals surface area contributed by atoms with Gasteiger partial charge in [-0.2, -0.15) is 5.10 Å². The van der Waals surface area contributed by atoms with Gasteiger partial charge < -0.3 is 24.8 Å². The van der Waals surface area contributed by atoms with Crippen LogP contribution in [0.3, 0.4) is 0 Å². The van der Waals surface area contributed by atoms with Gasteiger partial charge in [0.1, 0.15) is 17.9 Å². The number of carbonyl (C=O) groups excluding carboxylic acids is 2. The second kappa shape index (κ2) is 8.15. The van der Waals surface area contributed by atoms with Crippen LogP contribution in [-0.4, -0.2) is 84.2 Å². The largest absolute Gasteiger partial charge is 0.384 e. The number of aromatic nitrogens is 2. The first-order valence-corrected chi connectivity index (χ1v) is 8.55. The molecule has 0 spiro atoms. The predicted octanol–water partition coefficient (Wildman–Crippen LogP) is -0.327. The molecular weight excluding hydrogens is 340 g/mol. The normalized spacial score (nSPS) is 21.3. The first-order chi connectivity index (χ1) is 12.1. The summed E-state index contributed by atoms with van der Waals surface area (Å²) in [5, 5.41) is 20.4. The van der Waals surface area contributed by atoms with Crippen molar-refractivity contribution in [2.24, 2.45) is 0 Å². The Morgan fingerprint density at radius 3 is 2.85 bits per heavy atom. The van der Waals surface area contributed by atoms with Crippen molar-refractivity contribution in [1.82, 2.24) is 20.4 Å². The zero-order valence-electron chi connectivity index (χ0n) is 15.8. The molecule has 1 fully saturated rings. The second-order valence-corrected chi connectivity index (χ2v) is 7.63.